The fourth-order valence-corrected chi connectivity index (χ4v) is 2.88. The highest BCUT2D eigenvalue weighted by Gasteiger charge is 2.26. The van der Waals surface area contributed by atoms with Crippen LogP contribution < -0.4 is 16.4 Å². The molecular weight excluding hydrogens is 280 g/mol. The third-order valence-corrected chi connectivity index (χ3v) is 4.23. The lowest BCUT2D eigenvalue weighted by Gasteiger charge is -2.27. The maximum Gasteiger partial charge on any atom is 0.312 e. The van der Waals surface area contributed by atoms with E-state index in [0.29, 0.717) is 0 Å². The average molecular weight is 304 g/mol. The molecule has 1 aromatic carbocycles. The second-order valence-corrected chi connectivity index (χ2v) is 5.77. The number of carbonyl (C=O) groups is 2. The molecule has 2 atom stereocenters. The Labute approximate surface area is 131 Å². The molecular formula is C16H24N4O2. The van der Waals surface area contributed by atoms with Gasteiger partial charge in [0.25, 0.3) is 0 Å². The van der Waals surface area contributed by atoms with Gasteiger partial charge in [-0.05, 0) is 31.0 Å². The molecule has 0 saturated carbocycles. The van der Waals surface area contributed by atoms with Gasteiger partial charge in [-0.1, -0.05) is 24.3 Å². The number of hydrogen-bond acceptors (Lipinski definition) is 3. The first kappa shape index (κ1) is 16.3. The largest absolute Gasteiger partial charge is 0.352 e. The van der Waals surface area contributed by atoms with Crippen molar-refractivity contribution >= 4 is 11.9 Å². The number of benzene rings is 1. The number of likely N-dealkylation sites (N-methyl/N-ethyl adjacent to an activating group) is 1. The Morgan fingerprint density at radius 3 is 2.77 bits per heavy atom. The summed E-state index contributed by atoms with van der Waals surface area (Å²) in [6, 6.07) is 6.90. The van der Waals surface area contributed by atoms with Crippen molar-refractivity contribution in [3.63, 3.8) is 0 Å². The van der Waals surface area contributed by atoms with Crippen LogP contribution in [0.2, 0.25) is 0 Å². The maximum atomic E-state index is 12.5. The predicted molar refractivity (Wildman–Crippen MR) is 85.3 cm³/mol. The summed E-state index contributed by atoms with van der Waals surface area (Å²) >= 11 is 0. The molecule has 0 bridgehead atoms. The average Bonchev–Trinajstić information content (AvgIpc) is 3.00. The molecule has 1 fully saturated rings. The first-order chi connectivity index (χ1) is 10.5. The second-order valence-electron chi connectivity index (χ2n) is 5.77. The van der Waals surface area contributed by atoms with Crippen LogP contribution in [0.5, 0.6) is 0 Å². The van der Waals surface area contributed by atoms with Gasteiger partial charge in [0.1, 0.15) is 0 Å². The van der Waals surface area contributed by atoms with Crippen molar-refractivity contribution in [3.05, 3.63) is 35.4 Å². The first-order valence-electron chi connectivity index (χ1n) is 7.57. The van der Waals surface area contributed by atoms with Crippen LogP contribution in [-0.4, -0.2) is 43.0 Å². The van der Waals surface area contributed by atoms with Crippen LogP contribution in [0.3, 0.4) is 0 Å². The number of amides is 3. The van der Waals surface area contributed by atoms with Gasteiger partial charge in [-0.25, -0.2) is 4.79 Å². The number of hydrogen-bond donors (Lipinski definition) is 3. The molecule has 0 aliphatic carbocycles. The zero-order valence-electron chi connectivity index (χ0n) is 13.1. The molecule has 1 aromatic rings. The van der Waals surface area contributed by atoms with Gasteiger partial charge < -0.3 is 21.3 Å². The summed E-state index contributed by atoms with van der Waals surface area (Å²) in [4.78, 5) is 25.6. The third-order valence-electron chi connectivity index (χ3n) is 4.23. The summed E-state index contributed by atoms with van der Waals surface area (Å²) in [6.45, 7) is 3.71. The third kappa shape index (κ3) is 3.98. The molecule has 120 valence electrons. The zero-order chi connectivity index (χ0) is 16.1. The van der Waals surface area contributed by atoms with E-state index in [4.69, 9.17) is 5.73 Å². The lowest BCUT2D eigenvalue weighted by Crippen LogP contribution is -2.41. The summed E-state index contributed by atoms with van der Waals surface area (Å²) in [6.07, 6.45) is 1.17. The molecule has 6 nitrogen and oxygen atoms in total. The minimum atomic E-state index is -0.619. The van der Waals surface area contributed by atoms with Gasteiger partial charge in [-0.2, -0.15) is 0 Å². The molecule has 1 aliphatic rings. The number of carbonyl (C=O) groups excluding carboxylic acids is 2. The van der Waals surface area contributed by atoms with Crippen LogP contribution in [0.1, 0.15) is 30.0 Å². The van der Waals surface area contributed by atoms with Crippen molar-refractivity contribution in [2.75, 3.05) is 20.1 Å². The van der Waals surface area contributed by atoms with E-state index in [2.05, 4.69) is 10.6 Å². The van der Waals surface area contributed by atoms with Crippen molar-refractivity contribution in [1.82, 2.24) is 15.5 Å². The maximum absolute atomic E-state index is 12.5. The Kier molecular flexibility index (Phi) is 5.38. The first-order valence-corrected chi connectivity index (χ1v) is 7.57. The van der Waals surface area contributed by atoms with Crippen LogP contribution in [-0.2, 0) is 4.79 Å². The van der Waals surface area contributed by atoms with E-state index in [0.717, 1.165) is 30.6 Å². The van der Waals surface area contributed by atoms with Crippen LogP contribution in [0.4, 0.5) is 4.79 Å². The minimum absolute atomic E-state index is 0.00991. The second kappa shape index (κ2) is 7.26. The van der Waals surface area contributed by atoms with Crippen molar-refractivity contribution in [2.24, 2.45) is 5.73 Å². The van der Waals surface area contributed by atoms with Gasteiger partial charge in [0.05, 0.1) is 12.5 Å². The Morgan fingerprint density at radius 2 is 2.18 bits per heavy atom. The van der Waals surface area contributed by atoms with Crippen LogP contribution in [0.25, 0.3) is 0 Å². The van der Waals surface area contributed by atoms with E-state index in [1.165, 1.54) is 0 Å². The molecule has 1 aliphatic heterocycles. The van der Waals surface area contributed by atoms with Crippen molar-refractivity contribution in [2.45, 2.75) is 31.8 Å². The highest BCUT2D eigenvalue weighted by molar-refractivity contribution is 5.79. The molecule has 0 radical (unpaired) electrons. The molecule has 6 heteroatoms. The molecule has 2 unspecified atom stereocenters. The van der Waals surface area contributed by atoms with E-state index in [1.807, 2.05) is 38.2 Å². The molecule has 2 rings (SSSR count). The molecule has 3 amide bonds. The Hall–Kier alpha value is -2.08. The molecule has 22 heavy (non-hydrogen) atoms. The highest BCUT2D eigenvalue weighted by atomic mass is 16.2. The van der Waals surface area contributed by atoms with Crippen LogP contribution in [0, 0.1) is 6.92 Å². The van der Waals surface area contributed by atoms with Gasteiger partial charge >= 0.3 is 6.03 Å². The predicted octanol–water partition coefficient (Wildman–Crippen LogP) is 0.915. The summed E-state index contributed by atoms with van der Waals surface area (Å²) in [7, 11) is 1.82. The van der Waals surface area contributed by atoms with Gasteiger partial charge in [0.2, 0.25) is 5.91 Å². The van der Waals surface area contributed by atoms with E-state index >= 15 is 0 Å². The summed E-state index contributed by atoms with van der Waals surface area (Å²) < 4.78 is 0. The number of nitrogens with two attached hydrogens (primary N) is 1. The summed E-state index contributed by atoms with van der Waals surface area (Å²) in [5.74, 6) is 0.00991. The molecule has 1 heterocycles. The van der Waals surface area contributed by atoms with Crippen LogP contribution in [0.15, 0.2) is 24.3 Å². The normalized spacial score (nSPS) is 18.7. The molecule has 0 aromatic heterocycles. The SMILES string of the molecule is Cc1ccccc1C(CC(=O)N(C)C1CCNC1)NC(N)=O. The summed E-state index contributed by atoms with van der Waals surface area (Å²) in [5, 5.41) is 5.94. The van der Waals surface area contributed by atoms with Gasteiger partial charge in [-0.15, -0.1) is 0 Å². The van der Waals surface area contributed by atoms with E-state index < -0.39 is 12.1 Å². The number of primary amides is 1. The molecule has 1 saturated heterocycles. The number of aryl methyl sites for hydroxylation is 1. The van der Waals surface area contributed by atoms with Crippen molar-refractivity contribution in [3.8, 4) is 0 Å². The monoisotopic (exact) mass is 304 g/mol. The van der Waals surface area contributed by atoms with E-state index in [1.54, 1.807) is 4.90 Å². The number of urea groups is 1. The number of rotatable bonds is 5. The van der Waals surface area contributed by atoms with E-state index in [-0.39, 0.29) is 18.4 Å². The zero-order valence-corrected chi connectivity index (χ0v) is 13.1. The standard InChI is InChI=1S/C16H24N4O2/c1-11-5-3-4-6-13(11)14(19-16(17)22)9-15(21)20(2)12-7-8-18-10-12/h3-6,12,14,18H,7-10H2,1-2H3,(H3,17,19,22). The quantitative estimate of drug-likeness (QED) is 0.756. The fourth-order valence-electron chi connectivity index (χ4n) is 2.88. The highest BCUT2D eigenvalue weighted by Crippen LogP contribution is 2.22. The Balaban J connectivity index is 2.11. The Morgan fingerprint density at radius 1 is 1.45 bits per heavy atom. The van der Waals surface area contributed by atoms with Crippen LogP contribution >= 0.6 is 0 Å². The minimum Gasteiger partial charge on any atom is -0.352 e. The molecule has 0 spiro atoms. The number of nitrogens with zero attached hydrogens (tertiary/aromatic N) is 1. The topological polar surface area (TPSA) is 87.5 Å². The Bertz CT molecular complexity index is 541. The lowest BCUT2D eigenvalue weighted by molar-refractivity contribution is -0.132. The summed E-state index contributed by atoms with van der Waals surface area (Å²) in [5.41, 5.74) is 7.22. The lowest BCUT2D eigenvalue weighted by atomic mass is 9.98. The van der Waals surface area contributed by atoms with Crippen molar-refractivity contribution < 1.29 is 9.59 Å². The number of nitrogens with one attached hydrogen (secondary N) is 2. The van der Waals surface area contributed by atoms with Gasteiger partial charge in [0.15, 0.2) is 0 Å². The van der Waals surface area contributed by atoms with Crippen molar-refractivity contribution in [1.29, 1.82) is 0 Å². The van der Waals surface area contributed by atoms with Gasteiger partial charge in [-0.3, -0.25) is 4.79 Å². The fraction of sp³-hybridized carbons (Fsp3) is 0.500. The van der Waals surface area contributed by atoms with Gasteiger partial charge in [0, 0.05) is 19.6 Å². The smallest absolute Gasteiger partial charge is 0.312 e. The molecule has 4 N–H and O–H groups in total. The van der Waals surface area contributed by atoms with E-state index in [9.17, 15) is 9.59 Å².